The highest BCUT2D eigenvalue weighted by Gasteiger charge is 2.21. The Morgan fingerprint density at radius 3 is 1.54 bits per heavy atom. The van der Waals surface area contributed by atoms with Gasteiger partial charge in [-0.2, -0.15) is 0 Å². The van der Waals surface area contributed by atoms with Crippen LogP contribution in [0.3, 0.4) is 0 Å². The van der Waals surface area contributed by atoms with E-state index in [0.29, 0.717) is 70.9 Å². The van der Waals surface area contributed by atoms with Crippen LogP contribution < -0.4 is 16.0 Å². The molecule has 54 heavy (non-hydrogen) atoms. The van der Waals surface area contributed by atoms with Crippen molar-refractivity contribution >= 4 is 35.6 Å². The third kappa shape index (κ3) is 21.5. The molecule has 0 aromatic heterocycles. The minimum Gasteiger partial charge on any atom is -0.480 e. The Morgan fingerprint density at radius 1 is 0.593 bits per heavy atom. The number of carboxylic acids is 3. The summed E-state index contributed by atoms with van der Waals surface area (Å²) in [5.41, 5.74) is 1.30. The summed E-state index contributed by atoms with van der Waals surface area (Å²) in [5.74, 6) is -2.70. The van der Waals surface area contributed by atoms with Crippen LogP contribution in [0.2, 0.25) is 0 Å². The van der Waals surface area contributed by atoms with Crippen LogP contribution in [0, 0.1) is 5.92 Å². The molecule has 2 rings (SSSR count). The molecule has 1 aromatic rings. The minimum atomic E-state index is -1.02. The number of aliphatic carboxylic acids is 3. The van der Waals surface area contributed by atoms with Gasteiger partial charge in [0.25, 0.3) is 5.91 Å². The van der Waals surface area contributed by atoms with E-state index < -0.39 is 17.9 Å². The number of carbonyl (C=O) groups is 6. The first-order chi connectivity index (χ1) is 25.8. The summed E-state index contributed by atoms with van der Waals surface area (Å²) in [6.07, 6.45) is 7.40. The van der Waals surface area contributed by atoms with E-state index in [1.807, 2.05) is 4.90 Å². The van der Waals surface area contributed by atoms with Crippen LogP contribution in [0.25, 0.3) is 0 Å². The van der Waals surface area contributed by atoms with Gasteiger partial charge in [0.15, 0.2) is 0 Å². The van der Waals surface area contributed by atoms with Crippen molar-refractivity contribution in [3.8, 4) is 0 Å². The molecule has 1 saturated heterocycles. The monoisotopic (exact) mass is 761 g/mol. The van der Waals surface area contributed by atoms with Crippen LogP contribution in [-0.4, -0.2) is 162 Å². The summed E-state index contributed by atoms with van der Waals surface area (Å²) < 4.78 is 0. The molecule has 16 heteroatoms. The van der Waals surface area contributed by atoms with Gasteiger partial charge >= 0.3 is 17.9 Å². The highest BCUT2D eigenvalue weighted by molar-refractivity contribution is 5.94. The SMILES string of the molecule is CCC(C)CCCCNC(=O)CCCCCNC(=O)c1ccc(CNC(=O)CN2CCN(CC(=O)O)CCN(CC(=O)O)CCN(CC(=O)O)CC2)cc1. The first kappa shape index (κ1) is 46.0. The lowest BCUT2D eigenvalue weighted by Gasteiger charge is -2.32. The van der Waals surface area contributed by atoms with Gasteiger partial charge in [-0.15, -0.1) is 0 Å². The van der Waals surface area contributed by atoms with Gasteiger partial charge in [0, 0.05) is 84.0 Å². The van der Waals surface area contributed by atoms with Crippen LogP contribution >= 0.6 is 0 Å². The highest BCUT2D eigenvalue weighted by atomic mass is 16.4. The number of hydrogen-bond acceptors (Lipinski definition) is 10. The fourth-order valence-electron chi connectivity index (χ4n) is 6.05. The summed E-state index contributed by atoms with van der Waals surface area (Å²) in [5, 5.41) is 37.0. The summed E-state index contributed by atoms with van der Waals surface area (Å²) in [7, 11) is 0. The van der Waals surface area contributed by atoms with E-state index in [-0.39, 0.29) is 50.4 Å². The molecule has 0 radical (unpaired) electrons. The lowest BCUT2D eigenvalue weighted by molar-refractivity contribution is -0.140. The van der Waals surface area contributed by atoms with Crippen LogP contribution in [0.5, 0.6) is 0 Å². The van der Waals surface area contributed by atoms with Gasteiger partial charge in [0.2, 0.25) is 11.8 Å². The molecule has 0 bridgehead atoms. The van der Waals surface area contributed by atoms with Crippen molar-refractivity contribution in [2.45, 2.75) is 71.8 Å². The van der Waals surface area contributed by atoms with Gasteiger partial charge in [0.05, 0.1) is 26.2 Å². The molecule has 1 atom stereocenters. The Balaban J connectivity index is 1.78. The molecule has 6 N–H and O–H groups in total. The number of nitrogens with zero attached hydrogens (tertiary/aromatic N) is 4. The molecular weight excluding hydrogens is 698 g/mol. The molecule has 1 fully saturated rings. The number of unbranched alkanes of at least 4 members (excludes halogenated alkanes) is 3. The van der Waals surface area contributed by atoms with Gasteiger partial charge in [-0.1, -0.05) is 51.7 Å². The molecule has 0 saturated carbocycles. The molecular formula is C38H63N7O9. The third-order valence-corrected chi connectivity index (χ3v) is 9.59. The smallest absolute Gasteiger partial charge is 0.317 e. The van der Waals surface area contributed by atoms with Crippen molar-refractivity contribution in [1.29, 1.82) is 0 Å². The van der Waals surface area contributed by atoms with E-state index in [2.05, 4.69) is 29.8 Å². The Kier molecular flexibility index (Phi) is 22.7. The summed E-state index contributed by atoms with van der Waals surface area (Å²) in [4.78, 5) is 79.0. The lowest BCUT2D eigenvalue weighted by atomic mass is 10.0. The third-order valence-electron chi connectivity index (χ3n) is 9.59. The molecule has 1 aliphatic rings. The van der Waals surface area contributed by atoms with Gasteiger partial charge in [-0.05, 0) is 42.9 Å². The molecule has 16 nitrogen and oxygen atoms in total. The number of rotatable bonds is 23. The number of carboxylic acid groups (broad SMARTS) is 3. The van der Waals surface area contributed by atoms with E-state index in [9.17, 15) is 44.1 Å². The van der Waals surface area contributed by atoms with Crippen molar-refractivity contribution < 1.29 is 44.1 Å². The number of hydrogen-bond donors (Lipinski definition) is 6. The van der Waals surface area contributed by atoms with Crippen LogP contribution in [0.1, 0.15) is 81.1 Å². The lowest BCUT2D eigenvalue weighted by Crippen LogP contribution is -2.49. The van der Waals surface area contributed by atoms with E-state index in [4.69, 9.17) is 0 Å². The predicted octanol–water partition coefficient (Wildman–Crippen LogP) is 1.40. The maximum absolute atomic E-state index is 13.0. The zero-order valence-electron chi connectivity index (χ0n) is 32.2. The van der Waals surface area contributed by atoms with Crippen molar-refractivity contribution in [1.82, 2.24) is 35.6 Å². The fraction of sp³-hybridized carbons (Fsp3) is 0.684. The Bertz CT molecular complexity index is 1280. The summed E-state index contributed by atoms with van der Waals surface area (Å²) in [6, 6.07) is 6.95. The minimum absolute atomic E-state index is 0.0106. The van der Waals surface area contributed by atoms with Crippen LogP contribution in [0.4, 0.5) is 0 Å². The normalized spacial score (nSPS) is 16.0. The average molecular weight is 762 g/mol. The molecule has 1 aromatic carbocycles. The Labute approximate surface area is 319 Å². The quantitative estimate of drug-likeness (QED) is 0.0873. The van der Waals surface area contributed by atoms with Crippen LogP contribution in [-0.2, 0) is 30.5 Å². The maximum atomic E-state index is 13.0. The zero-order chi connectivity index (χ0) is 39.7. The van der Waals surface area contributed by atoms with E-state index >= 15 is 0 Å². The maximum Gasteiger partial charge on any atom is 0.317 e. The molecule has 1 aliphatic heterocycles. The van der Waals surface area contributed by atoms with E-state index in [1.54, 1.807) is 39.0 Å². The van der Waals surface area contributed by atoms with E-state index in [0.717, 1.165) is 50.1 Å². The molecule has 3 amide bonds. The molecule has 304 valence electrons. The van der Waals surface area contributed by atoms with Gasteiger partial charge in [-0.3, -0.25) is 48.4 Å². The standard InChI is InChI=1S/C38H63N7O9/c1-3-30(2)9-6-8-15-39-33(46)10-5-4-7-16-40-38(54)32-13-11-31(12-14-32)25-41-34(47)26-42-17-19-43(27-35(48)49)21-23-45(29-37(52)53)24-22-44(20-18-42)28-36(50)51/h11-14,30H,3-10,15-29H2,1-2H3,(H,39,46)(H,40,54)(H,41,47)(H,48,49)(H,50,51)(H,52,53). The van der Waals surface area contributed by atoms with Crippen LogP contribution in [0.15, 0.2) is 24.3 Å². The summed E-state index contributed by atoms with van der Waals surface area (Å²) >= 11 is 0. The fourth-order valence-corrected chi connectivity index (χ4v) is 6.05. The number of amides is 3. The predicted molar refractivity (Wildman–Crippen MR) is 204 cm³/mol. The number of carbonyl (C=O) groups excluding carboxylic acids is 3. The zero-order valence-corrected chi connectivity index (χ0v) is 32.2. The second-order valence-corrected chi connectivity index (χ2v) is 14.2. The average Bonchev–Trinajstić information content (AvgIpc) is 3.12. The largest absolute Gasteiger partial charge is 0.480 e. The number of benzene rings is 1. The van der Waals surface area contributed by atoms with Crippen molar-refractivity contribution in [3.05, 3.63) is 35.4 Å². The Morgan fingerprint density at radius 2 is 1.06 bits per heavy atom. The first-order valence-electron chi connectivity index (χ1n) is 19.3. The topological polar surface area (TPSA) is 212 Å². The molecule has 1 unspecified atom stereocenters. The van der Waals surface area contributed by atoms with Gasteiger partial charge in [0.1, 0.15) is 0 Å². The molecule has 0 aliphatic carbocycles. The number of nitrogens with one attached hydrogen (secondary N) is 3. The molecule has 1 heterocycles. The summed E-state index contributed by atoms with van der Waals surface area (Å²) in [6.45, 7) is 7.72. The first-order valence-corrected chi connectivity index (χ1v) is 19.3. The molecule has 0 spiro atoms. The van der Waals surface area contributed by atoms with Crippen molar-refractivity contribution in [2.75, 3.05) is 91.6 Å². The van der Waals surface area contributed by atoms with E-state index in [1.165, 1.54) is 12.8 Å². The highest BCUT2D eigenvalue weighted by Crippen LogP contribution is 2.11. The van der Waals surface area contributed by atoms with Crippen molar-refractivity contribution in [3.63, 3.8) is 0 Å². The second-order valence-electron chi connectivity index (χ2n) is 14.2. The Hall–Kier alpha value is -4.12. The van der Waals surface area contributed by atoms with Gasteiger partial charge < -0.3 is 31.3 Å². The second kappa shape index (κ2) is 26.6. The van der Waals surface area contributed by atoms with Gasteiger partial charge in [-0.25, -0.2) is 0 Å². The van der Waals surface area contributed by atoms with Crippen molar-refractivity contribution in [2.24, 2.45) is 5.92 Å².